The molecule has 0 spiro atoms. The molecule has 0 unspecified atom stereocenters. The van der Waals surface area contributed by atoms with Gasteiger partial charge in [0.15, 0.2) is 4.32 Å². The Bertz CT molecular complexity index is 862. The summed E-state index contributed by atoms with van der Waals surface area (Å²) < 4.78 is 5.41. The van der Waals surface area contributed by atoms with Crippen molar-refractivity contribution in [2.24, 2.45) is 0 Å². The Morgan fingerprint density at radius 3 is 2.88 bits per heavy atom. The third-order valence-electron chi connectivity index (χ3n) is 3.19. The van der Waals surface area contributed by atoms with E-state index in [1.54, 1.807) is 36.4 Å². The SMILES string of the molecule is Cc1ccc(C(=O)NN2C(=O)/C(=C\c3ccco3)SC2=S)c(Cl)c1. The minimum Gasteiger partial charge on any atom is -0.465 e. The standard InChI is InChI=1S/C16H11ClN2O3S2/c1-9-4-5-11(12(17)7-9)14(20)18-19-15(21)13(24-16(19)23)8-10-3-2-6-22-10/h2-8H,1H3,(H,18,20)/b13-8+. The lowest BCUT2D eigenvalue weighted by Gasteiger charge is -2.16. The topological polar surface area (TPSA) is 62.6 Å². The van der Waals surface area contributed by atoms with Gasteiger partial charge in [-0.2, -0.15) is 5.01 Å². The van der Waals surface area contributed by atoms with Crippen LogP contribution in [0.5, 0.6) is 0 Å². The number of furan rings is 1. The molecule has 8 heteroatoms. The van der Waals surface area contributed by atoms with Gasteiger partial charge in [-0.3, -0.25) is 15.0 Å². The van der Waals surface area contributed by atoms with Crippen molar-refractivity contribution in [1.29, 1.82) is 0 Å². The number of rotatable bonds is 3. The van der Waals surface area contributed by atoms with Crippen LogP contribution in [0.1, 0.15) is 21.7 Å². The molecule has 0 bridgehead atoms. The maximum absolute atomic E-state index is 12.4. The lowest BCUT2D eigenvalue weighted by molar-refractivity contribution is -0.123. The number of carbonyl (C=O) groups is 2. The highest BCUT2D eigenvalue weighted by molar-refractivity contribution is 8.26. The molecule has 1 fully saturated rings. The highest BCUT2D eigenvalue weighted by Crippen LogP contribution is 2.31. The molecule has 0 atom stereocenters. The number of carbonyl (C=O) groups excluding carboxylic acids is 2. The largest absolute Gasteiger partial charge is 0.465 e. The average molecular weight is 379 g/mol. The molecule has 1 aliphatic heterocycles. The lowest BCUT2D eigenvalue weighted by atomic mass is 10.1. The summed E-state index contributed by atoms with van der Waals surface area (Å²) in [5.41, 5.74) is 3.70. The summed E-state index contributed by atoms with van der Waals surface area (Å²) in [6, 6.07) is 8.48. The van der Waals surface area contributed by atoms with E-state index in [1.807, 2.05) is 6.92 Å². The number of halogens is 1. The molecule has 122 valence electrons. The van der Waals surface area contributed by atoms with E-state index in [2.05, 4.69) is 5.43 Å². The van der Waals surface area contributed by atoms with Gasteiger partial charge in [0.2, 0.25) is 0 Å². The summed E-state index contributed by atoms with van der Waals surface area (Å²) in [4.78, 5) is 25.1. The molecular weight excluding hydrogens is 368 g/mol. The molecule has 1 aromatic carbocycles. The Balaban J connectivity index is 1.79. The van der Waals surface area contributed by atoms with Gasteiger partial charge in [0.05, 0.1) is 21.8 Å². The monoisotopic (exact) mass is 378 g/mol. The number of nitrogens with zero attached hydrogens (tertiary/aromatic N) is 1. The average Bonchev–Trinajstić information content (AvgIpc) is 3.11. The van der Waals surface area contributed by atoms with Crippen LogP contribution >= 0.6 is 35.6 Å². The number of nitrogens with one attached hydrogen (secondary N) is 1. The first-order valence-corrected chi connectivity index (χ1v) is 8.44. The van der Waals surface area contributed by atoms with Gasteiger partial charge in [-0.05, 0) is 49.0 Å². The van der Waals surface area contributed by atoms with Crippen molar-refractivity contribution in [1.82, 2.24) is 10.4 Å². The molecule has 1 aromatic heterocycles. The molecule has 0 saturated carbocycles. The Labute approximate surface area is 152 Å². The molecule has 1 aliphatic rings. The molecule has 3 rings (SSSR count). The first kappa shape index (κ1) is 16.8. The van der Waals surface area contributed by atoms with Gasteiger partial charge in [-0.1, -0.05) is 29.4 Å². The first-order valence-electron chi connectivity index (χ1n) is 6.84. The number of thiocarbonyl (C=S) groups is 1. The van der Waals surface area contributed by atoms with E-state index in [0.29, 0.717) is 15.7 Å². The second-order valence-corrected chi connectivity index (χ2v) is 7.04. The quantitative estimate of drug-likeness (QED) is 0.650. The smallest absolute Gasteiger partial charge is 0.285 e. The molecule has 2 heterocycles. The van der Waals surface area contributed by atoms with Crippen molar-refractivity contribution in [3.8, 4) is 0 Å². The summed E-state index contributed by atoms with van der Waals surface area (Å²) in [7, 11) is 0. The zero-order valence-corrected chi connectivity index (χ0v) is 14.8. The van der Waals surface area contributed by atoms with Crippen LogP contribution < -0.4 is 5.43 Å². The number of hydrazine groups is 1. The molecule has 2 amide bonds. The molecule has 0 radical (unpaired) electrons. The summed E-state index contributed by atoms with van der Waals surface area (Å²) in [6.07, 6.45) is 3.08. The highest BCUT2D eigenvalue weighted by atomic mass is 35.5. The second-order valence-electron chi connectivity index (χ2n) is 4.96. The van der Waals surface area contributed by atoms with E-state index in [9.17, 15) is 9.59 Å². The van der Waals surface area contributed by atoms with Crippen molar-refractivity contribution in [2.75, 3.05) is 0 Å². The van der Waals surface area contributed by atoms with Gasteiger partial charge in [0.1, 0.15) is 5.76 Å². The van der Waals surface area contributed by atoms with Crippen LogP contribution in [0.15, 0.2) is 45.9 Å². The van der Waals surface area contributed by atoms with Crippen LogP contribution in [-0.2, 0) is 4.79 Å². The van der Waals surface area contributed by atoms with E-state index < -0.39 is 11.8 Å². The fourth-order valence-electron chi connectivity index (χ4n) is 2.03. The fraction of sp³-hybridized carbons (Fsp3) is 0.0625. The summed E-state index contributed by atoms with van der Waals surface area (Å²) in [5, 5.41) is 1.34. The zero-order valence-electron chi connectivity index (χ0n) is 12.4. The Hall–Kier alpha value is -2.09. The normalized spacial score (nSPS) is 16.1. The number of aryl methyl sites for hydroxylation is 1. The summed E-state index contributed by atoms with van der Waals surface area (Å²) in [6.45, 7) is 1.87. The number of thioether (sulfide) groups is 1. The van der Waals surface area contributed by atoms with Gasteiger partial charge in [-0.25, -0.2) is 0 Å². The minimum atomic E-state index is -0.504. The maximum atomic E-state index is 12.4. The van der Waals surface area contributed by atoms with Crippen molar-refractivity contribution in [3.05, 3.63) is 63.4 Å². The van der Waals surface area contributed by atoms with E-state index >= 15 is 0 Å². The number of hydrogen-bond acceptors (Lipinski definition) is 5. The molecule has 1 saturated heterocycles. The summed E-state index contributed by atoms with van der Waals surface area (Å²) >= 11 is 12.3. The predicted molar refractivity (Wildman–Crippen MR) is 97.4 cm³/mol. The van der Waals surface area contributed by atoms with Crippen molar-refractivity contribution in [3.63, 3.8) is 0 Å². The fourth-order valence-corrected chi connectivity index (χ4v) is 3.51. The van der Waals surface area contributed by atoms with Crippen LogP contribution in [0.25, 0.3) is 6.08 Å². The number of amides is 2. The number of hydrogen-bond donors (Lipinski definition) is 1. The van der Waals surface area contributed by atoms with Crippen LogP contribution in [0.3, 0.4) is 0 Å². The molecule has 0 aliphatic carbocycles. The second kappa shape index (κ2) is 6.80. The number of benzene rings is 1. The highest BCUT2D eigenvalue weighted by Gasteiger charge is 2.34. The van der Waals surface area contributed by atoms with Gasteiger partial charge >= 0.3 is 0 Å². The van der Waals surface area contributed by atoms with E-state index in [0.717, 1.165) is 22.3 Å². The third kappa shape index (κ3) is 3.38. The van der Waals surface area contributed by atoms with Gasteiger partial charge in [0.25, 0.3) is 11.8 Å². The first-order chi connectivity index (χ1) is 11.5. The van der Waals surface area contributed by atoms with Gasteiger partial charge in [0, 0.05) is 6.08 Å². The van der Waals surface area contributed by atoms with E-state index in [4.69, 9.17) is 28.2 Å². The van der Waals surface area contributed by atoms with E-state index in [1.165, 1.54) is 6.26 Å². The minimum absolute atomic E-state index is 0.231. The van der Waals surface area contributed by atoms with Crippen molar-refractivity contribution in [2.45, 2.75) is 6.92 Å². The van der Waals surface area contributed by atoms with Crippen LogP contribution in [0, 0.1) is 6.92 Å². The van der Waals surface area contributed by atoms with E-state index in [-0.39, 0.29) is 9.88 Å². The molecule has 1 N–H and O–H groups in total. The van der Waals surface area contributed by atoms with Crippen LogP contribution in [0.2, 0.25) is 5.02 Å². The maximum Gasteiger partial charge on any atom is 0.285 e. The molecule has 2 aromatic rings. The molecule has 24 heavy (non-hydrogen) atoms. The van der Waals surface area contributed by atoms with Crippen LogP contribution in [-0.4, -0.2) is 21.1 Å². The molecular formula is C16H11ClN2O3S2. The summed E-state index contributed by atoms with van der Waals surface area (Å²) in [5.74, 6) is -0.392. The Kier molecular flexibility index (Phi) is 4.75. The Morgan fingerprint density at radius 1 is 1.42 bits per heavy atom. The van der Waals surface area contributed by atoms with Crippen LogP contribution in [0.4, 0.5) is 0 Å². The van der Waals surface area contributed by atoms with Gasteiger partial charge in [-0.15, -0.1) is 0 Å². The molecule has 5 nitrogen and oxygen atoms in total. The van der Waals surface area contributed by atoms with Crippen molar-refractivity contribution >= 4 is 57.8 Å². The van der Waals surface area contributed by atoms with Gasteiger partial charge < -0.3 is 4.42 Å². The Morgan fingerprint density at radius 2 is 2.21 bits per heavy atom. The zero-order chi connectivity index (χ0) is 17.3. The predicted octanol–water partition coefficient (Wildman–Crippen LogP) is 3.79. The third-order valence-corrected chi connectivity index (χ3v) is 4.81. The lowest BCUT2D eigenvalue weighted by Crippen LogP contribution is -2.44. The van der Waals surface area contributed by atoms with Crippen molar-refractivity contribution < 1.29 is 14.0 Å².